The summed E-state index contributed by atoms with van der Waals surface area (Å²) in [4.78, 5) is 10.8. The van der Waals surface area contributed by atoms with Crippen molar-refractivity contribution in [1.29, 1.82) is 0 Å². The Balaban J connectivity index is 1.98. The Hall–Kier alpha value is -2.45. The summed E-state index contributed by atoms with van der Waals surface area (Å²) in [5.74, 6) is 0.524. The monoisotopic (exact) mass is 390 g/mol. The number of rotatable bonds is 5. The number of hydrogen-bond donors (Lipinski definition) is 0. The van der Waals surface area contributed by atoms with E-state index in [1.807, 2.05) is 26.0 Å². The molecule has 144 valence electrons. The third-order valence-electron chi connectivity index (χ3n) is 4.64. The van der Waals surface area contributed by atoms with Crippen molar-refractivity contribution in [2.75, 3.05) is 13.1 Å². The molecule has 0 spiro atoms. The first-order valence-corrected chi connectivity index (χ1v) is 10.3. The van der Waals surface area contributed by atoms with Crippen LogP contribution >= 0.6 is 0 Å². The zero-order chi connectivity index (χ0) is 19.6. The largest absolute Gasteiger partial charge is 0.450 e. The van der Waals surface area contributed by atoms with Crippen LogP contribution in [0.3, 0.4) is 0 Å². The zero-order valence-corrected chi connectivity index (χ0v) is 16.2. The predicted molar refractivity (Wildman–Crippen MR) is 102 cm³/mol. The molecule has 0 amide bonds. The first kappa shape index (κ1) is 19.3. The fraction of sp³-hybridized carbons (Fsp3) is 0.368. The van der Waals surface area contributed by atoms with Crippen molar-refractivity contribution >= 4 is 15.7 Å². The molecule has 2 aromatic carbocycles. The van der Waals surface area contributed by atoms with Crippen LogP contribution in [0, 0.1) is 24.0 Å². The highest BCUT2D eigenvalue weighted by Crippen LogP contribution is 2.35. The van der Waals surface area contributed by atoms with E-state index in [0.29, 0.717) is 18.8 Å². The van der Waals surface area contributed by atoms with Crippen molar-refractivity contribution in [1.82, 2.24) is 4.31 Å². The first-order valence-electron chi connectivity index (χ1n) is 8.83. The molecule has 0 aromatic heterocycles. The van der Waals surface area contributed by atoms with Crippen molar-refractivity contribution in [2.24, 2.45) is 0 Å². The third-order valence-corrected chi connectivity index (χ3v) is 6.54. The Morgan fingerprint density at radius 1 is 1.00 bits per heavy atom. The summed E-state index contributed by atoms with van der Waals surface area (Å²) in [6.45, 7) is 4.62. The lowest BCUT2D eigenvalue weighted by molar-refractivity contribution is -0.385. The van der Waals surface area contributed by atoms with Gasteiger partial charge < -0.3 is 4.74 Å². The minimum atomic E-state index is -3.75. The molecule has 8 heteroatoms. The van der Waals surface area contributed by atoms with Crippen LogP contribution in [0.4, 0.5) is 5.69 Å². The lowest BCUT2D eigenvalue weighted by Crippen LogP contribution is -2.35. The molecule has 0 N–H and O–H groups in total. The number of sulfonamides is 1. The molecule has 0 bridgehead atoms. The van der Waals surface area contributed by atoms with Gasteiger partial charge >= 0.3 is 5.69 Å². The van der Waals surface area contributed by atoms with Crippen LogP contribution in [-0.4, -0.2) is 30.7 Å². The molecule has 0 atom stereocenters. The Kier molecular flexibility index (Phi) is 5.48. The first-order chi connectivity index (χ1) is 12.8. The highest BCUT2D eigenvalue weighted by Gasteiger charge is 2.29. The van der Waals surface area contributed by atoms with Crippen molar-refractivity contribution in [2.45, 2.75) is 38.0 Å². The van der Waals surface area contributed by atoms with Crippen LogP contribution in [0.1, 0.15) is 30.4 Å². The molecule has 1 fully saturated rings. The van der Waals surface area contributed by atoms with E-state index in [0.717, 1.165) is 36.5 Å². The van der Waals surface area contributed by atoms with Crippen LogP contribution in [-0.2, 0) is 10.0 Å². The van der Waals surface area contributed by atoms with E-state index in [1.54, 1.807) is 6.07 Å². The molecule has 2 aromatic rings. The van der Waals surface area contributed by atoms with Crippen LogP contribution in [0.15, 0.2) is 41.3 Å². The van der Waals surface area contributed by atoms with Gasteiger partial charge in [-0.2, -0.15) is 4.31 Å². The number of nitro groups is 1. The molecule has 0 unspecified atom stereocenters. The summed E-state index contributed by atoms with van der Waals surface area (Å²) < 4.78 is 32.7. The van der Waals surface area contributed by atoms with Gasteiger partial charge in [-0.3, -0.25) is 10.1 Å². The van der Waals surface area contributed by atoms with Gasteiger partial charge in [0.2, 0.25) is 15.8 Å². The number of nitro benzene ring substituents is 1. The second kappa shape index (κ2) is 7.66. The van der Waals surface area contributed by atoms with Crippen LogP contribution in [0.25, 0.3) is 0 Å². The molecule has 0 radical (unpaired) electrons. The standard InChI is InChI=1S/C19H22N2O5S/c1-14-6-7-15(2)19(12-14)26-18-9-8-16(13-17(18)21(22)23)27(24,25)20-10-4-3-5-11-20/h6-9,12-13H,3-5,10-11H2,1-2H3. The number of piperidine rings is 1. The van der Waals surface area contributed by atoms with Gasteiger partial charge in [0.05, 0.1) is 9.82 Å². The Morgan fingerprint density at radius 3 is 2.37 bits per heavy atom. The second-order valence-corrected chi connectivity index (χ2v) is 8.66. The second-order valence-electron chi connectivity index (χ2n) is 6.72. The van der Waals surface area contributed by atoms with Crippen LogP contribution < -0.4 is 4.74 Å². The van der Waals surface area contributed by atoms with E-state index in [9.17, 15) is 18.5 Å². The van der Waals surface area contributed by atoms with E-state index in [-0.39, 0.29) is 16.3 Å². The Labute approximate surface area is 158 Å². The van der Waals surface area contributed by atoms with Crippen molar-refractivity contribution < 1.29 is 18.1 Å². The van der Waals surface area contributed by atoms with Crippen LogP contribution in [0.5, 0.6) is 11.5 Å². The lowest BCUT2D eigenvalue weighted by atomic mass is 10.1. The van der Waals surface area contributed by atoms with E-state index < -0.39 is 14.9 Å². The third kappa shape index (κ3) is 4.12. The van der Waals surface area contributed by atoms with Gasteiger partial charge in [-0.15, -0.1) is 0 Å². The van der Waals surface area contributed by atoms with Gasteiger partial charge in [-0.05, 0) is 56.0 Å². The summed E-state index contributed by atoms with van der Waals surface area (Å²) in [7, 11) is -3.75. The Morgan fingerprint density at radius 2 is 1.70 bits per heavy atom. The minimum absolute atomic E-state index is 0.0197. The quantitative estimate of drug-likeness (QED) is 0.564. The predicted octanol–water partition coefficient (Wildman–Crippen LogP) is 4.18. The van der Waals surface area contributed by atoms with Gasteiger partial charge in [-0.1, -0.05) is 18.6 Å². The van der Waals surface area contributed by atoms with Crippen molar-refractivity contribution in [3.8, 4) is 11.5 Å². The maximum absolute atomic E-state index is 12.8. The molecule has 7 nitrogen and oxygen atoms in total. The van der Waals surface area contributed by atoms with E-state index >= 15 is 0 Å². The van der Waals surface area contributed by atoms with Crippen LogP contribution in [0.2, 0.25) is 0 Å². The molecule has 0 aliphatic carbocycles. The maximum Gasteiger partial charge on any atom is 0.312 e. The topological polar surface area (TPSA) is 89.8 Å². The average molecular weight is 390 g/mol. The summed E-state index contributed by atoms with van der Waals surface area (Å²) >= 11 is 0. The fourth-order valence-electron chi connectivity index (χ4n) is 3.08. The maximum atomic E-state index is 12.8. The van der Waals surface area contributed by atoms with E-state index in [1.165, 1.54) is 16.4 Å². The molecular formula is C19H22N2O5S. The molecule has 1 aliphatic heterocycles. The van der Waals surface area contributed by atoms with Gasteiger partial charge in [-0.25, -0.2) is 8.42 Å². The molecule has 1 saturated heterocycles. The van der Waals surface area contributed by atoms with Crippen molar-refractivity contribution in [3.63, 3.8) is 0 Å². The van der Waals surface area contributed by atoms with Gasteiger partial charge in [0.25, 0.3) is 0 Å². The molecule has 3 rings (SSSR count). The minimum Gasteiger partial charge on any atom is -0.450 e. The number of hydrogen-bond acceptors (Lipinski definition) is 5. The molecular weight excluding hydrogens is 368 g/mol. The lowest BCUT2D eigenvalue weighted by Gasteiger charge is -2.25. The number of ether oxygens (including phenoxy) is 1. The number of benzene rings is 2. The van der Waals surface area contributed by atoms with Crippen molar-refractivity contribution in [3.05, 3.63) is 57.6 Å². The zero-order valence-electron chi connectivity index (χ0n) is 15.3. The molecule has 27 heavy (non-hydrogen) atoms. The SMILES string of the molecule is Cc1ccc(C)c(Oc2ccc(S(=O)(=O)N3CCCCC3)cc2[N+](=O)[O-])c1. The summed E-state index contributed by atoms with van der Waals surface area (Å²) in [5.41, 5.74) is 1.43. The molecule has 1 heterocycles. The normalized spacial score (nSPS) is 15.5. The van der Waals surface area contributed by atoms with Gasteiger partial charge in [0.15, 0.2) is 0 Å². The number of nitrogens with zero attached hydrogens (tertiary/aromatic N) is 2. The van der Waals surface area contributed by atoms with Gasteiger partial charge in [0, 0.05) is 19.2 Å². The smallest absolute Gasteiger partial charge is 0.312 e. The highest BCUT2D eigenvalue weighted by atomic mass is 32.2. The summed E-state index contributed by atoms with van der Waals surface area (Å²) in [6.07, 6.45) is 2.60. The van der Waals surface area contributed by atoms with Gasteiger partial charge in [0.1, 0.15) is 5.75 Å². The number of aryl methyl sites for hydroxylation is 2. The highest BCUT2D eigenvalue weighted by molar-refractivity contribution is 7.89. The molecule has 1 aliphatic rings. The van der Waals surface area contributed by atoms with E-state index in [2.05, 4.69) is 0 Å². The van der Waals surface area contributed by atoms with E-state index in [4.69, 9.17) is 4.74 Å². The summed E-state index contributed by atoms with van der Waals surface area (Å²) in [5, 5.41) is 11.5. The molecule has 0 saturated carbocycles. The Bertz CT molecular complexity index is 966. The fourth-order valence-corrected chi connectivity index (χ4v) is 4.61. The summed E-state index contributed by atoms with van der Waals surface area (Å²) in [6, 6.07) is 9.40. The average Bonchev–Trinajstić information content (AvgIpc) is 2.65.